The molecule has 0 aliphatic carbocycles. The Balaban J connectivity index is 1.60. The molecule has 0 bridgehead atoms. The molecule has 0 aliphatic rings. The molecule has 8 heteroatoms. The zero-order valence-corrected chi connectivity index (χ0v) is 17.7. The lowest BCUT2D eigenvalue weighted by Crippen LogP contribution is -2.22. The molecular weight excluding hydrogens is 382 g/mol. The highest BCUT2D eigenvalue weighted by atomic mass is 32.2. The molecule has 0 amide bonds. The van der Waals surface area contributed by atoms with Gasteiger partial charge in [-0.15, -0.1) is 0 Å². The van der Waals surface area contributed by atoms with Crippen molar-refractivity contribution >= 4 is 35.3 Å². The number of thioether (sulfide) groups is 1. The van der Waals surface area contributed by atoms with Crippen LogP contribution in [-0.2, 0) is 13.2 Å². The van der Waals surface area contributed by atoms with E-state index in [-0.39, 0.29) is 0 Å². The lowest BCUT2D eigenvalue weighted by atomic mass is 10.3. The molecule has 0 atom stereocenters. The maximum atomic E-state index is 5.47. The van der Waals surface area contributed by atoms with Gasteiger partial charge in [-0.3, -0.25) is 4.90 Å². The lowest BCUT2D eigenvalue weighted by Gasteiger charge is -2.15. The summed E-state index contributed by atoms with van der Waals surface area (Å²) in [6.07, 6.45) is 3.98. The number of hydrogen-bond acceptors (Lipinski definition) is 6. The van der Waals surface area contributed by atoms with Gasteiger partial charge in [0.1, 0.15) is 0 Å². The van der Waals surface area contributed by atoms with Gasteiger partial charge >= 0.3 is 0 Å². The van der Waals surface area contributed by atoms with E-state index in [4.69, 9.17) is 12.2 Å². The maximum absolute atomic E-state index is 5.47. The van der Waals surface area contributed by atoms with Gasteiger partial charge in [-0.2, -0.15) is 10.2 Å². The summed E-state index contributed by atoms with van der Waals surface area (Å²) in [5.41, 5.74) is 2.22. The van der Waals surface area contributed by atoms with E-state index in [1.807, 2.05) is 45.9 Å². The topological polar surface area (TPSA) is 38.9 Å². The molecule has 0 saturated heterocycles. The fourth-order valence-corrected chi connectivity index (χ4v) is 4.72. The molecule has 26 heavy (non-hydrogen) atoms. The molecule has 0 aliphatic heterocycles. The van der Waals surface area contributed by atoms with E-state index in [0.29, 0.717) is 12.6 Å². The van der Waals surface area contributed by atoms with Crippen molar-refractivity contribution in [3.63, 3.8) is 0 Å². The highest BCUT2D eigenvalue weighted by Gasteiger charge is 2.09. The van der Waals surface area contributed by atoms with Crippen molar-refractivity contribution in [2.24, 2.45) is 5.92 Å². The molecule has 0 fully saturated rings. The highest BCUT2D eigenvalue weighted by molar-refractivity contribution is 8.01. The fourth-order valence-electron chi connectivity index (χ4n) is 2.43. The minimum Gasteiger partial charge on any atom is -0.283 e. The molecule has 2 heterocycles. The van der Waals surface area contributed by atoms with Crippen molar-refractivity contribution in [3.8, 4) is 5.69 Å². The smallest absolute Gasteiger partial charge is 0.181 e. The van der Waals surface area contributed by atoms with Crippen molar-refractivity contribution < 1.29 is 0 Å². The minimum absolute atomic E-state index is 0.648. The molecule has 0 unspecified atom stereocenters. The van der Waals surface area contributed by atoms with Gasteiger partial charge in [0.2, 0.25) is 0 Å². The summed E-state index contributed by atoms with van der Waals surface area (Å²) in [6.45, 7) is 5.90. The molecule has 5 nitrogen and oxygen atoms in total. The Morgan fingerprint density at radius 1 is 1.27 bits per heavy atom. The second-order valence-corrected chi connectivity index (χ2v) is 9.51. The Hall–Kier alpha value is -1.48. The monoisotopic (exact) mass is 405 g/mol. The number of aromatic nitrogens is 4. The van der Waals surface area contributed by atoms with E-state index in [1.165, 1.54) is 0 Å². The summed E-state index contributed by atoms with van der Waals surface area (Å²) in [5.74, 6) is 1.71. The first kappa shape index (κ1) is 19.3. The van der Waals surface area contributed by atoms with E-state index >= 15 is 0 Å². The second kappa shape index (κ2) is 8.94. The quantitative estimate of drug-likeness (QED) is 0.401. The van der Waals surface area contributed by atoms with Crippen LogP contribution in [0.25, 0.3) is 5.69 Å². The number of benzene rings is 1. The van der Waals surface area contributed by atoms with E-state index in [2.05, 4.69) is 42.2 Å². The van der Waals surface area contributed by atoms with Crippen molar-refractivity contribution in [1.29, 1.82) is 0 Å². The summed E-state index contributed by atoms with van der Waals surface area (Å²) in [7, 11) is 2.07. The average molecular weight is 406 g/mol. The van der Waals surface area contributed by atoms with Crippen LogP contribution in [0, 0.1) is 9.87 Å². The SMILES string of the molecule is CC(C)CSc1nn(CN(C)Cc2cnn(-c3ccccc3)c2)c(=S)s1. The molecule has 0 saturated carbocycles. The van der Waals surface area contributed by atoms with Crippen LogP contribution in [0.15, 0.2) is 47.1 Å². The maximum Gasteiger partial charge on any atom is 0.181 e. The Bertz CT molecular complexity index is 882. The number of hydrogen-bond donors (Lipinski definition) is 0. The van der Waals surface area contributed by atoms with Crippen molar-refractivity contribution in [1.82, 2.24) is 24.5 Å². The number of rotatable bonds is 8. The second-order valence-electron chi connectivity index (χ2n) is 6.62. The average Bonchev–Trinajstić information content (AvgIpc) is 3.21. The van der Waals surface area contributed by atoms with Crippen LogP contribution < -0.4 is 0 Å². The molecule has 2 aromatic heterocycles. The Kier molecular flexibility index (Phi) is 6.63. The van der Waals surface area contributed by atoms with Gasteiger partial charge in [0.15, 0.2) is 8.29 Å². The van der Waals surface area contributed by atoms with E-state index < -0.39 is 0 Å². The van der Waals surface area contributed by atoms with Crippen LogP contribution >= 0.6 is 35.3 Å². The normalized spacial score (nSPS) is 11.6. The van der Waals surface area contributed by atoms with Gasteiger partial charge in [0, 0.05) is 24.1 Å². The van der Waals surface area contributed by atoms with Gasteiger partial charge in [-0.1, -0.05) is 55.1 Å². The van der Waals surface area contributed by atoms with E-state index in [9.17, 15) is 0 Å². The summed E-state index contributed by atoms with van der Waals surface area (Å²) >= 11 is 8.84. The minimum atomic E-state index is 0.648. The Morgan fingerprint density at radius 2 is 2.04 bits per heavy atom. The zero-order chi connectivity index (χ0) is 18.5. The third-order valence-electron chi connectivity index (χ3n) is 3.61. The standard InChI is InChI=1S/C18H23N5S3/c1-14(2)12-25-17-20-23(18(24)26-17)13-21(3)10-15-9-19-22(11-15)16-7-5-4-6-8-16/h4-9,11,14H,10,12-13H2,1-3H3. The first-order valence-corrected chi connectivity index (χ1v) is 10.7. The van der Waals surface area contributed by atoms with Crippen LogP contribution in [0.1, 0.15) is 19.4 Å². The first-order chi connectivity index (χ1) is 12.5. The molecule has 0 spiro atoms. The van der Waals surface area contributed by atoms with E-state index in [1.54, 1.807) is 23.1 Å². The molecule has 1 aromatic carbocycles. The largest absolute Gasteiger partial charge is 0.283 e. The fraction of sp³-hybridized carbons (Fsp3) is 0.389. The van der Waals surface area contributed by atoms with Crippen LogP contribution in [0.5, 0.6) is 0 Å². The van der Waals surface area contributed by atoms with E-state index in [0.717, 1.165) is 31.8 Å². The molecule has 138 valence electrons. The van der Waals surface area contributed by atoms with Gasteiger partial charge in [-0.05, 0) is 37.3 Å². The highest BCUT2D eigenvalue weighted by Crippen LogP contribution is 2.24. The Labute approximate surface area is 167 Å². The van der Waals surface area contributed by atoms with Gasteiger partial charge in [0.25, 0.3) is 0 Å². The van der Waals surface area contributed by atoms with Gasteiger partial charge < -0.3 is 0 Å². The lowest BCUT2D eigenvalue weighted by molar-refractivity contribution is 0.243. The van der Waals surface area contributed by atoms with Gasteiger partial charge in [-0.25, -0.2) is 9.36 Å². The number of nitrogens with zero attached hydrogens (tertiary/aromatic N) is 5. The van der Waals surface area contributed by atoms with Crippen molar-refractivity contribution in [2.45, 2.75) is 31.4 Å². The predicted molar refractivity (Wildman–Crippen MR) is 112 cm³/mol. The van der Waals surface area contributed by atoms with Crippen LogP contribution in [0.2, 0.25) is 0 Å². The van der Waals surface area contributed by atoms with Crippen molar-refractivity contribution in [3.05, 3.63) is 52.2 Å². The summed E-state index contributed by atoms with van der Waals surface area (Å²) in [4.78, 5) is 2.19. The molecule has 3 aromatic rings. The van der Waals surface area contributed by atoms with Crippen LogP contribution in [0.4, 0.5) is 0 Å². The third kappa shape index (κ3) is 5.26. The Morgan fingerprint density at radius 3 is 2.77 bits per heavy atom. The van der Waals surface area contributed by atoms with Gasteiger partial charge in [0.05, 0.1) is 18.6 Å². The number of para-hydroxylation sites is 1. The van der Waals surface area contributed by atoms with Crippen molar-refractivity contribution in [2.75, 3.05) is 12.8 Å². The summed E-state index contributed by atoms with van der Waals surface area (Å²) in [6, 6.07) is 10.1. The third-order valence-corrected chi connectivity index (χ3v) is 6.48. The van der Waals surface area contributed by atoms with Crippen LogP contribution in [-0.4, -0.2) is 37.3 Å². The molecule has 0 radical (unpaired) electrons. The molecular formula is C18H23N5S3. The molecule has 3 rings (SSSR count). The first-order valence-electron chi connectivity index (χ1n) is 8.49. The molecule has 0 N–H and O–H groups in total. The van der Waals surface area contributed by atoms with Crippen LogP contribution in [0.3, 0.4) is 0 Å². The summed E-state index contributed by atoms with van der Waals surface area (Å²) < 4.78 is 5.68. The zero-order valence-electron chi connectivity index (χ0n) is 15.2. The summed E-state index contributed by atoms with van der Waals surface area (Å²) in [5, 5.41) is 9.10. The predicted octanol–water partition coefficient (Wildman–Crippen LogP) is 4.70.